The number of H-pyrrole nitrogens is 1. The van der Waals surface area contributed by atoms with E-state index >= 15 is 0 Å². The number of hydrogen-bond donors (Lipinski definition) is 7. The van der Waals surface area contributed by atoms with Gasteiger partial charge in [-0.25, -0.2) is 19.6 Å². The zero-order valence-electron chi connectivity index (χ0n) is 21.7. The molecule has 17 heteroatoms. The Balaban J connectivity index is 0.000000496. The molecular weight excluding hydrogens is 538 g/mol. The second-order valence-electron chi connectivity index (χ2n) is 8.52. The Bertz CT molecular complexity index is 1610. The number of carbonyl (C=O) groups excluding carboxylic acids is 1. The Morgan fingerprint density at radius 3 is 2.32 bits per heavy atom. The van der Waals surface area contributed by atoms with Crippen LogP contribution in [0.15, 0.2) is 47.5 Å². The summed E-state index contributed by atoms with van der Waals surface area (Å²) in [6.07, 6.45) is 2.41. The SMILES string of the molecule is CN(Cc1cnc2nc(N)nc(N)c2n1)c1ccc(C(=O)N[C@@H](CCC(=O)O)C(=O)O)cc1.Nc1cc[nH]c(=O)n1. The molecule has 0 aliphatic carbocycles. The Hall–Kier alpha value is -5.87. The molecule has 0 saturated heterocycles. The number of carboxylic acid groups (broad SMARTS) is 2. The molecule has 0 spiro atoms. The van der Waals surface area contributed by atoms with E-state index in [0.29, 0.717) is 23.4 Å². The third-order valence-electron chi connectivity index (χ3n) is 5.41. The summed E-state index contributed by atoms with van der Waals surface area (Å²) in [5.74, 6) is -2.66. The molecule has 1 atom stereocenters. The predicted molar refractivity (Wildman–Crippen MR) is 148 cm³/mol. The summed E-state index contributed by atoms with van der Waals surface area (Å²) in [7, 11) is 1.82. The molecule has 4 aromatic rings. The van der Waals surface area contributed by atoms with Crippen LogP contribution in [0.25, 0.3) is 11.2 Å². The van der Waals surface area contributed by atoms with Gasteiger partial charge >= 0.3 is 17.6 Å². The maximum atomic E-state index is 12.4. The van der Waals surface area contributed by atoms with Crippen molar-refractivity contribution >= 4 is 52.3 Å². The van der Waals surface area contributed by atoms with E-state index in [1.165, 1.54) is 24.4 Å². The number of carbonyl (C=O) groups is 3. The number of hydrogen-bond acceptors (Lipinski definition) is 13. The van der Waals surface area contributed by atoms with E-state index in [1.807, 2.05) is 11.9 Å². The summed E-state index contributed by atoms with van der Waals surface area (Å²) in [6.45, 7) is 0.370. The molecule has 0 unspecified atom stereocenters. The molecule has 10 N–H and O–H groups in total. The molecule has 0 radical (unpaired) electrons. The van der Waals surface area contributed by atoms with Crippen LogP contribution in [0, 0.1) is 0 Å². The number of nitrogens with zero attached hydrogens (tertiary/aromatic N) is 6. The van der Waals surface area contributed by atoms with Gasteiger partial charge in [-0.05, 0) is 36.8 Å². The van der Waals surface area contributed by atoms with Crippen LogP contribution in [0.3, 0.4) is 0 Å². The molecule has 4 rings (SSSR count). The first-order chi connectivity index (χ1) is 19.4. The number of aliphatic carboxylic acids is 2. The zero-order valence-corrected chi connectivity index (χ0v) is 21.7. The van der Waals surface area contributed by atoms with Crippen molar-refractivity contribution in [2.75, 3.05) is 29.1 Å². The number of aromatic nitrogens is 6. The van der Waals surface area contributed by atoms with Crippen molar-refractivity contribution in [3.8, 4) is 0 Å². The highest BCUT2D eigenvalue weighted by Crippen LogP contribution is 2.19. The summed E-state index contributed by atoms with van der Waals surface area (Å²) in [5, 5.41) is 20.2. The van der Waals surface area contributed by atoms with Gasteiger partial charge in [0.25, 0.3) is 5.91 Å². The van der Waals surface area contributed by atoms with Gasteiger partial charge < -0.3 is 42.6 Å². The fraction of sp³-hybridized carbons (Fsp3) is 0.208. The number of aromatic amines is 1. The number of fused-ring (bicyclic) bond motifs is 1. The van der Waals surface area contributed by atoms with Crippen LogP contribution >= 0.6 is 0 Å². The largest absolute Gasteiger partial charge is 0.481 e. The molecule has 0 bridgehead atoms. The number of anilines is 4. The van der Waals surface area contributed by atoms with Crippen LogP contribution < -0.4 is 33.1 Å². The van der Waals surface area contributed by atoms with Crippen LogP contribution in [-0.2, 0) is 16.1 Å². The Labute approximate surface area is 231 Å². The fourth-order valence-electron chi connectivity index (χ4n) is 3.41. The molecule has 0 fully saturated rings. The zero-order chi connectivity index (χ0) is 30.1. The molecule has 1 amide bonds. The van der Waals surface area contributed by atoms with E-state index in [-0.39, 0.29) is 36.0 Å². The molecule has 17 nitrogen and oxygen atoms in total. The van der Waals surface area contributed by atoms with Gasteiger partial charge in [0.05, 0.1) is 18.4 Å². The lowest BCUT2D eigenvalue weighted by molar-refractivity contribution is -0.140. The third-order valence-corrected chi connectivity index (χ3v) is 5.41. The van der Waals surface area contributed by atoms with Gasteiger partial charge in [-0.3, -0.25) is 9.59 Å². The van der Waals surface area contributed by atoms with Crippen molar-refractivity contribution in [1.29, 1.82) is 0 Å². The molecule has 3 aromatic heterocycles. The highest BCUT2D eigenvalue weighted by molar-refractivity contribution is 5.97. The van der Waals surface area contributed by atoms with Gasteiger partial charge in [0.2, 0.25) is 5.95 Å². The van der Waals surface area contributed by atoms with E-state index in [0.717, 1.165) is 5.69 Å². The van der Waals surface area contributed by atoms with E-state index in [9.17, 15) is 24.3 Å². The van der Waals surface area contributed by atoms with Gasteiger partial charge in [-0.1, -0.05) is 0 Å². The van der Waals surface area contributed by atoms with E-state index < -0.39 is 29.6 Å². The van der Waals surface area contributed by atoms with Crippen LogP contribution in [-0.4, -0.2) is 71.1 Å². The van der Waals surface area contributed by atoms with Gasteiger partial charge in [-0.15, -0.1) is 0 Å². The minimum atomic E-state index is -1.30. The lowest BCUT2D eigenvalue weighted by Gasteiger charge is -2.19. The highest BCUT2D eigenvalue weighted by Gasteiger charge is 2.21. The van der Waals surface area contributed by atoms with Crippen molar-refractivity contribution in [3.05, 3.63) is 64.5 Å². The number of nitrogen functional groups attached to an aromatic ring is 3. The topological polar surface area (TPSA) is 282 Å². The Kier molecular flexibility index (Phi) is 9.61. The summed E-state index contributed by atoms with van der Waals surface area (Å²) < 4.78 is 0. The average Bonchev–Trinajstić information content (AvgIpc) is 2.91. The molecule has 41 heavy (non-hydrogen) atoms. The minimum Gasteiger partial charge on any atom is -0.481 e. The van der Waals surface area contributed by atoms with Crippen molar-refractivity contribution in [3.63, 3.8) is 0 Å². The summed E-state index contributed by atoms with van der Waals surface area (Å²) >= 11 is 0. The van der Waals surface area contributed by atoms with E-state index in [2.05, 4.69) is 35.2 Å². The quantitative estimate of drug-likeness (QED) is 0.136. The first-order valence-corrected chi connectivity index (χ1v) is 11.9. The van der Waals surface area contributed by atoms with E-state index in [1.54, 1.807) is 18.3 Å². The molecule has 0 aliphatic rings. The van der Waals surface area contributed by atoms with Crippen LogP contribution in [0.4, 0.5) is 23.3 Å². The van der Waals surface area contributed by atoms with Crippen LogP contribution in [0.5, 0.6) is 0 Å². The fourth-order valence-corrected chi connectivity index (χ4v) is 3.41. The average molecular weight is 566 g/mol. The number of carboxylic acids is 2. The number of nitrogens with two attached hydrogens (primary N) is 3. The van der Waals surface area contributed by atoms with Crippen molar-refractivity contribution in [1.82, 2.24) is 35.2 Å². The molecule has 3 heterocycles. The Morgan fingerprint density at radius 1 is 1.02 bits per heavy atom. The second kappa shape index (κ2) is 13.3. The normalized spacial score (nSPS) is 11.1. The van der Waals surface area contributed by atoms with Crippen molar-refractivity contribution in [2.24, 2.45) is 0 Å². The lowest BCUT2D eigenvalue weighted by atomic mass is 10.1. The number of benzene rings is 1. The standard InChI is InChI=1S/C20H22N8O5.C4H5N3O/c1-28(9-11-8-23-17-15(24-11)16(21)26-20(22)27-17)12-4-2-10(3-5-12)18(31)25-13(19(32)33)6-7-14(29)30;5-3-1-2-6-4(8)7-3/h2-5,8,13H,6-7,9H2,1H3,(H,25,31)(H,29,30)(H,32,33)(H4,21,22,23,26,27);1-2H,(H3,5,6,7,8)/t13-;/m0./s1. The first kappa shape index (κ1) is 29.7. The van der Waals surface area contributed by atoms with Crippen LogP contribution in [0.2, 0.25) is 0 Å². The van der Waals surface area contributed by atoms with Crippen LogP contribution in [0.1, 0.15) is 28.9 Å². The number of nitrogens with one attached hydrogen (secondary N) is 2. The summed E-state index contributed by atoms with van der Waals surface area (Å²) in [4.78, 5) is 68.6. The maximum absolute atomic E-state index is 12.4. The smallest absolute Gasteiger partial charge is 0.346 e. The van der Waals surface area contributed by atoms with Gasteiger partial charge in [0.1, 0.15) is 11.9 Å². The molecular formula is C24H27N11O6. The summed E-state index contributed by atoms with van der Waals surface area (Å²) in [6, 6.07) is 6.68. The summed E-state index contributed by atoms with van der Waals surface area (Å²) in [5.41, 5.74) is 18.4. The first-order valence-electron chi connectivity index (χ1n) is 11.9. The highest BCUT2D eigenvalue weighted by atomic mass is 16.4. The van der Waals surface area contributed by atoms with Gasteiger partial charge in [-0.2, -0.15) is 15.0 Å². The minimum absolute atomic E-state index is 0.0138. The number of amides is 1. The van der Waals surface area contributed by atoms with Gasteiger partial charge in [0.15, 0.2) is 17.0 Å². The molecule has 0 aliphatic heterocycles. The monoisotopic (exact) mass is 565 g/mol. The predicted octanol–water partition coefficient (Wildman–Crippen LogP) is -0.379. The maximum Gasteiger partial charge on any atom is 0.346 e. The Morgan fingerprint density at radius 2 is 1.73 bits per heavy atom. The molecule has 1 aromatic carbocycles. The second-order valence-corrected chi connectivity index (χ2v) is 8.52. The number of rotatable bonds is 9. The third kappa shape index (κ3) is 8.57. The lowest BCUT2D eigenvalue weighted by Crippen LogP contribution is -2.41. The van der Waals surface area contributed by atoms with Gasteiger partial charge in [0, 0.05) is 30.9 Å². The molecule has 214 valence electrons. The van der Waals surface area contributed by atoms with Crippen molar-refractivity contribution in [2.45, 2.75) is 25.4 Å². The molecule has 0 saturated carbocycles. The van der Waals surface area contributed by atoms with Crippen molar-refractivity contribution < 1.29 is 24.6 Å². The van der Waals surface area contributed by atoms with E-state index in [4.69, 9.17) is 22.3 Å².